The highest BCUT2D eigenvalue weighted by atomic mass is 16.5. The Morgan fingerprint density at radius 3 is 2.53 bits per heavy atom. The van der Waals surface area contributed by atoms with Gasteiger partial charge >= 0.3 is 0 Å². The van der Waals surface area contributed by atoms with E-state index in [9.17, 15) is 4.79 Å². The molecule has 0 aliphatic heterocycles. The molecule has 0 rings (SSSR count). The van der Waals surface area contributed by atoms with Crippen molar-refractivity contribution in [2.45, 2.75) is 20.3 Å². The molecule has 5 heteroatoms. The highest BCUT2D eigenvalue weighted by molar-refractivity contribution is 5.81. The number of carbonyl (C=O) groups is 1. The van der Waals surface area contributed by atoms with Gasteiger partial charge in [-0.25, -0.2) is 0 Å². The van der Waals surface area contributed by atoms with Crippen molar-refractivity contribution in [1.29, 1.82) is 0 Å². The van der Waals surface area contributed by atoms with Gasteiger partial charge in [-0.2, -0.15) is 0 Å². The SMILES string of the molecule is CNC(=O)C(C)(C)CNCCOCCCOC. The van der Waals surface area contributed by atoms with E-state index in [4.69, 9.17) is 9.47 Å². The average Bonchev–Trinajstić information content (AvgIpc) is 2.31. The van der Waals surface area contributed by atoms with Crippen LogP contribution in [0.1, 0.15) is 20.3 Å². The van der Waals surface area contributed by atoms with Gasteiger partial charge in [0.05, 0.1) is 12.0 Å². The normalized spacial score (nSPS) is 11.5. The average molecular weight is 246 g/mol. The van der Waals surface area contributed by atoms with E-state index >= 15 is 0 Å². The summed E-state index contributed by atoms with van der Waals surface area (Å²) >= 11 is 0. The molecular weight excluding hydrogens is 220 g/mol. The number of hydrogen-bond acceptors (Lipinski definition) is 4. The molecule has 2 N–H and O–H groups in total. The molecule has 0 aromatic carbocycles. The molecule has 5 nitrogen and oxygen atoms in total. The Morgan fingerprint density at radius 2 is 1.94 bits per heavy atom. The van der Waals surface area contributed by atoms with Crippen LogP contribution in [-0.4, -0.2) is 53.0 Å². The molecular formula is C12H26N2O3. The zero-order valence-electron chi connectivity index (χ0n) is 11.5. The van der Waals surface area contributed by atoms with Gasteiger partial charge in [0.2, 0.25) is 5.91 Å². The molecule has 1 amide bonds. The van der Waals surface area contributed by atoms with E-state index < -0.39 is 0 Å². The molecule has 102 valence electrons. The maximum atomic E-state index is 11.5. The fourth-order valence-corrected chi connectivity index (χ4v) is 1.37. The van der Waals surface area contributed by atoms with E-state index in [1.54, 1.807) is 14.2 Å². The van der Waals surface area contributed by atoms with E-state index in [1.165, 1.54) is 0 Å². The lowest BCUT2D eigenvalue weighted by atomic mass is 9.92. The molecule has 0 bridgehead atoms. The van der Waals surface area contributed by atoms with Crippen LogP contribution in [0.4, 0.5) is 0 Å². The van der Waals surface area contributed by atoms with Gasteiger partial charge in [0.15, 0.2) is 0 Å². The van der Waals surface area contributed by atoms with Gasteiger partial charge in [-0.15, -0.1) is 0 Å². The molecule has 0 saturated carbocycles. The second-order valence-electron chi connectivity index (χ2n) is 4.60. The fraction of sp³-hybridized carbons (Fsp3) is 0.917. The predicted molar refractivity (Wildman–Crippen MR) is 68.0 cm³/mol. The summed E-state index contributed by atoms with van der Waals surface area (Å²) in [5, 5.41) is 5.87. The smallest absolute Gasteiger partial charge is 0.226 e. The van der Waals surface area contributed by atoms with Crippen LogP contribution in [0.5, 0.6) is 0 Å². The minimum Gasteiger partial charge on any atom is -0.385 e. The molecule has 0 heterocycles. The van der Waals surface area contributed by atoms with Crippen LogP contribution in [0.15, 0.2) is 0 Å². The zero-order valence-corrected chi connectivity index (χ0v) is 11.5. The van der Waals surface area contributed by atoms with Gasteiger partial charge < -0.3 is 20.1 Å². The Labute approximate surface area is 104 Å². The van der Waals surface area contributed by atoms with Gasteiger partial charge in [0.25, 0.3) is 0 Å². The van der Waals surface area contributed by atoms with Gasteiger partial charge in [0, 0.05) is 40.5 Å². The molecule has 0 aromatic heterocycles. The molecule has 0 saturated heterocycles. The number of methoxy groups -OCH3 is 1. The van der Waals surface area contributed by atoms with Crippen LogP contribution >= 0.6 is 0 Å². The Kier molecular flexibility index (Phi) is 9.03. The topological polar surface area (TPSA) is 59.6 Å². The summed E-state index contributed by atoms with van der Waals surface area (Å²) < 4.78 is 10.3. The lowest BCUT2D eigenvalue weighted by Gasteiger charge is -2.22. The number of carbonyl (C=O) groups excluding carboxylic acids is 1. The van der Waals surface area contributed by atoms with Crippen LogP contribution in [0.25, 0.3) is 0 Å². The molecule has 0 atom stereocenters. The minimum absolute atomic E-state index is 0.0472. The monoisotopic (exact) mass is 246 g/mol. The Hall–Kier alpha value is -0.650. The first-order valence-electron chi connectivity index (χ1n) is 6.04. The van der Waals surface area contributed by atoms with Crippen LogP contribution in [0, 0.1) is 5.41 Å². The van der Waals surface area contributed by atoms with Crippen molar-refractivity contribution in [2.75, 3.05) is 47.1 Å². The molecule has 0 unspecified atom stereocenters. The first-order chi connectivity index (χ1) is 8.04. The lowest BCUT2D eigenvalue weighted by Crippen LogP contribution is -2.42. The number of hydrogen-bond donors (Lipinski definition) is 2. The second-order valence-corrected chi connectivity index (χ2v) is 4.60. The number of rotatable bonds is 10. The second kappa shape index (κ2) is 9.39. The Bertz CT molecular complexity index is 208. The number of ether oxygens (including phenoxy) is 2. The van der Waals surface area contributed by atoms with Gasteiger partial charge in [0.1, 0.15) is 0 Å². The Balaban J connectivity index is 3.42. The largest absolute Gasteiger partial charge is 0.385 e. The third-order valence-corrected chi connectivity index (χ3v) is 2.47. The van der Waals surface area contributed by atoms with Crippen LogP contribution in [0.3, 0.4) is 0 Å². The van der Waals surface area contributed by atoms with Crippen LogP contribution in [-0.2, 0) is 14.3 Å². The third kappa shape index (κ3) is 8.12. The van der Waals surface area contributed by atoms with Crippen LogP contribution in [0.2, 0.25) is 0 Å². The highest BCUT2D eigenvalue weighted by Gasteiger charge is 2.25. The van der Waals surface area contributed by atoms with E-state index in [2.05, 4.69) is 10.6 Å². The zero-order chi connectivity index (χ0) is 13.1. The maximum Gasteiger partial charge on any atom is 0.226 e. The summed E-state index contributed by atoms with van der Waals surface area (Å²) in [5.41, 5.74) is -0.384. The van der Waals surface area contributed by atoms with Gasteiger partial charge in [-0.3, -0.25) is 4.79 Å². The van der Waals surface area contributed by atoms with Gasteiger partial charge in [-0.05, 0) is 20.3 Å². The summed E-state index contributed by atoms with van der Waals surface area (Å²) in [4.78, 5) is 11.5. The van der Waals surface area contributed by atoms with E-state index in [0.717, 1.165) is 19.6 Å². The predicted octanol–water partition coefficient (Wildman–Crippen LogP) is 0.401. The third-order valence-electron chi connectivity index (χ3n) is 2.47. The Morgan fingerprint density at radius 1 is 1.24 bits per heavy atom. The van der Waals surface area contributed by atoms with Crippen molar-refractivity contribution in [3.63, 3.8) is 0 Å². The van der Waals surface area contributed by atoms with Gasteiger partial charge in [-0.1, -0.05) is 0 Å². The minimum atomic E-state index is -0.384. The molecule has 0 spiro atoms. The van der Waals surface area contributed by atoms with Crippen molar-refractivity contribution in [1.82, 2.24) is 10.6 Å². The summed E-state index contributed by atoms with van der Waals surface area (Å²) in [7, 11) is 3.34. The molecule has 0 aliphatic carbocycles. The van der Waals surface area contributed by atoms with E-state index in [-0.39, 0.29) is 11.3 Å². The van der Waals surface area contributed by atoms with E-state index in [1.807, 2.05) is 13.8 Å². The summed E-state index contributed by atoms with van der Waals surface area (Å²) in [6.45, 7) is 7.34. The highest BCUT2D eigenvalue weighted by Crippen LogP contribution is 2.12. The van der Waals surface area contributed by atoms with Crippen molar-refractivity contribution < 1.29 is 14.3 Å². The molecule has 0 fully saturated rings. The summed E-state index contributed by atoms with van der Waals surface area (Å²) in [5.74, 6) is 0.0472. The number of nitrogens with one attached hydrogen (secondary N) is 2. The molecule has 17 heavy (non-hydrogen) atoms. The lowest BCUT2D eigenvalue weighted by molar-refractivity contribution is -0.128. The fourth-order valence-electron chi connectivity index (χ4n) is 1.37. The van der Waals surface area contributed by atoms with Crippen molar-refractivity contribution in [2.24, 2.45) is 5.41 Å². The van der Waals surface area contributed by atoms with Crippen molar-refractivity contribution in [3.05, 3.63) is 0 Å². The first-order valence-corrected chi connectivity index (χ1v) is 6.04. The first kappa shape index (κ1) is 16.4. The maximum absolute atomic E-state index is 11.5. The quantitative estimate of drug-likeness (QED) is 0.548. The molecule has 0 radical (unpaired) electrons. The summed E-state index contributed by atoms with van der Waals surface area (Å²) in [6.07, 6.45) is 0.917. The van der Waals surface area contributed by atoms with E-state index in [0.29, 0.717) is 19.8 Å². The standard InChI is InChI=1S/C12H26N2O3/c1-12(2,11(15)13-3)10-14-6-9-17-8-5-7-16-4/h14H,5-10H2,1-4H3,(H,13,15). The van der Waals surface area contributed by atoms with Crippen molar-refractivity contribution in [3.8, 4) is 0 Å². The van der Waals surface area contributed by atoms with Crippen LogP contribution < -0.4 is 10.6 Å². The molecule has 0 aromatic rings. The van der Waals surface area contributed by atoms with Crippen molar-refractivity contribution >= 4 is 5.91 Å². The molecule has 0 aliphatic rings. The number of amides is 1. The summed E-state index contributed by atoms with van der Waals surface area (Å²) in [6, 6.07) is 0.